The van der Waals surface area contributed by atoms with Gasteiger partial charge in [-0.15, -0.1) is 0 Å². The topological polar surface area (TPSA) is 17.1 Å². The summed E-state index contributed by atoms with van der Waals surface area (Å²) in [7, 11) is 0. The van der Waals surface area contributed by atoms with E-state index in [4.69, 9.17) is 4.79 Å². The first-order valence-electron chi connectivity index (χ1n) is 5.23. The first kappa shape index (κ1) is 14.2. The Morgan fingerprint density at radius 2 is 1.08 bits per heavy atom. The van der Waals surface area contributed by atoms with Crippen molar-refractivity contribution in [3.8, 4) is 0 Å². The van der Waals surface area contributed by atoms with Crippen molar-refractivity contribution in [3.05, 3.63) is 0 Å². The van der Waals surface area contributed by atoms with Crippen LogP contribution in [0, 0.1) is 0 Å². The first-order chi connectivity index (χ1) is 5.83. The van der Waals surface area contributed by atoms with E-state index in [1.165, 1.54) is 51.9 Å². The van der Waals surface area contributed by atoms with Gasteiger partial charge in [-0.3, -0.25) is 0 Å². The van der Waals surface area contributed by atoms with Crippen molar-refractivity contribution in [2.24, 2.45) is 0 Å². The van der Waals surface area contributed by atoms with E-state index in [1.807, 2.05) is 0 Å². The predicted octanol–water partition coefficient (Wildman–Crippen LogP) is 3.96. The number of carbonyl (C=O) groups is 1. The largest absolute Gasteiger partial charge is 0.304 e. The zero-order valence-corrected chi connectivity index (χ0v) is 8.94. The van der Waals surface area contributed by atoms with Gasteiger partial charge in [-0.25, -0.2) is 0 Å². The molecule has 1 heteroatoms. The Kier molecular flexibility index (Phi) is 20.1. The number of unbranched alkanes of at least 4 members (excludes halogenated alkanes) is 6. The fourth-order valence-corrected chi connectivity index (χ4v) is 1.03. The van der Waals surface area contributed by atoms with Gasteiger partial charge in [0, 0.05) is 0 Å². The van der Waals surface area contributed by atoms with Gasteiger partial charge in [0.25, 0.3) is 0 Å². The molecule has 0 amide bonds. The summed E-state index contributed by atoms with van der Waals surface area (Å²) in [6, 6.07) is 0. The van der Waals surface area contributed by atoms with E-state index < -0.39 is 0 Å². The smallest absolute Gasteiger partial charge is 0.116 e. The van der Waals surface area contributed by atoms with Crippen LogP contribution in [0.3, 0.4) is 0 Å². The fraction of sp³-hybridized carbons (Fsp3) is 0.909. The van der Waals surface area contributed by atoms with Crippen LogP contribution in [0.5, 0.6) is 0 Å². The zero-order chi connectivity index (χ0) is 9.66. The Morgan fingerprint density at radius 1 is 0.833 bits per heavy atom. The van der Waals surface area contributed by atoms with Crippen molar-refractivity contribution < 1.29 is 4.79 Å². The molecule has 0 aromatic rings. The molecule has 74 valence electrons. The lowest BCUT2D eigenvalue weighted by Gasteiger charge is -1.96. The molecule has 0 bridgehead atoms. The van der Waals surface area contributed by atoms with Crippen LogP contribution < -0.4 is 0 Å². The number of carbonyl (C=O) groups excluding carboxylic acids is 1. The van der Waals surface area contributed by atoms with Crippen LogP contribution >= 0.6 is 0 Å². The van der Waals surface area contributed by atoms with E-state index in [0.29, 0.717) is 0 Å². The molecule has 0 fully saturated rings. The average Bonchev–Trinajstić information content (AvgIpc) is 2.06. The van der Waals surface area contributed by atoms with E-state index in [9.17, 15) is 0 Å². The lowest BCUT2D eigenvalue weighted by atomic mass is 10.1. The second-order valence-electron chi connectivity index (χ2n) is 3.00. The molecule has 0 unspecified atom stereocenters. The molecular formula is C11H24O. The Morgan fingerprint density at radius 3 is 1.33 bits per heavy atom. The Bertz CT molecular complexity index is 63.4. The number of aldehydes is 1. The molecule has 1 nitrogen and oxygen atoms in total. The third-order valence-electron chi connectivity index (χ3n) is 1.71. The number of hydrogen-bond donors (Lipinski definition) is 0. The summed E-state index contributed by atoms with van der Waals surface area (Å²) in [5, 5.41) is 0. The SMILES string of the molecule is CC=O.CCCCCCCCC. The Hall–Kier alpha value is -0.330. The van der Waals surface area contributed by atoms with Crippen LogP contribution in [0.4, 0.5) is 0 Å². The monoisotopic (exact) mass is 172 g/mol. The Labute approximate surface area is 77.6 Å². The van der Waals surface area contributed by atoms with E-state index in [2.05, 4.69) is 13.8 Å². The zero-order valence-electron chi connectivity index (χ0n) is 8.94. The van der Waals surface area contributed by atoms with Crippen LogP contribution in [0.15, 0.2) is 0 Å². The van der Waals surface area contributed by atoms with E-state index in [1.54, 1.807) is 0 Å². The molecule has 0 aliphatic carbocycles. The van der Waals surface area contributed by atoms with Crippen molar-refractivity contribution in [1.29, 1.82) is 0 Å². The molecule has 0 aliphatic rings. The third kappa shape index (κ3) is 22.6. The second-order valence-corrected chi connectivity index (χ2v) is 3.00. The molecule has 0 atom stereocenters. The molecule has 0 heterocycles. The maximum atomic E-state index is 8.81. The quantitative estimate of drug-likeness (QED) is 0.438. The Balaban J connectivity index is 0. The molecule has 0 rings (SSSR count). The minimum atomic E-state index is 0.750. The van der Waals surface area contributed by atoms with Crippen LogP contribution in [0.25, 0.3) is 0 Å². The normalized spacial score (nSPS) is 8.58. The van der Waals surface area contributed by atoms with E-state index in [-0.39, 0.29) is 0 Å². The van der Waals surface area contributed by atoms with Gasteiger partial charge in [0.05, 0.1) is 0 Å². The fourth-order valence-electron chi connectivity index (χ4n) is 1.03. The lowest BCUT2D eigenvalue weighted by molar-refractivity contribution is -0.106. The molecule has 0 aromatic heterocycles. The van der Waals surface area contributed by atoms with Gasteiger partial charge >= 0.3 is 0 Å². The van der Waals surface area contributed by atoms with Gasteiger partial charge in [-0.1, -0.05) is 58.8 Å². The van der Waals surface area contributed by atoms with Gasteiger partial charge in [0.1, 0.15) is 6.29 Å². The summed E-state index contributed by atoms with van der Waals surface area (Å²) in [5.41, 5.74) is 0. The third-order valence-corrected chi connectivity index (χ3v) is 1.71. The summed E-state index contributed by atoms with van der Waals surface area (Å²) in [5.74, 6) is 0. The van der Waals surface area contributed by atoms with Crippen molar-refractivity contribution in [1.82, 2.24) is 0 Å². The number of hydrogen-bond acceptors (Lipinski definition) is 1. The van der Waals surface area contributed by atoms with E-state index >= 15 is 0 Å². The molecular weight excluding hydrogens is 148 g/mol. The predicted molar refractivity (Wildman–Crippen MR) is 55.4 cm³/mol. The molecule has 0 saturated heterocycles. The highest BCUT2D eigenvalue weighted by Gasteiger charge is 1.85. The van der Waals surface area contributed by atoms with Gasteiger partial charge in [-0.05, 0) is 6.92 Å². The van der Waals surface area contributed by atoms with Gasteiger partial charge in [0.2, 0.25) is 0 Å². The summed E-state index contributed by atoms with van der Waals surface area (Å²) in [4.78, 5) is 8.81. The maximum Gasteiger partial charge on any atom is 0.116 e. The minimum absolute atomic E-state index is 0.750. The molecule has 0 aromatic carbocycles. The van der Waals surface area contributed by atoms with Crippen molar-refractivity contribution in [2.75, 3.05) is 0 Å². The highest BCUT2D eigenvalue weighted by atomic mass is 16.1. The minimum Gasteiger partial charge on any atom is -0.304 e. The van der Waals surface area contributed by atoms with E-state index in [0.717, 1.165) is 6.29 Å². The summed E-state index contributed by atoms with van der Waals surface area (Å²) in [6.07, 6.45) is 10.7. The lowest BCUT2D eigenvalue weighted by Crippen LogP contribution is -1.76. The molecule has 0 spiro atoms. The highest BCUT2D eigenvalue weighted by molar-refractivity contribution is 5.44. The average molecular weight is 172 g/mol. The van der Waals surface area contributed by atoms with Crippen molar-refractivity contribution >= 4 is 6.29 Å². The summed E-state index contributed by atoms with van der Waals surface area (Å²) in [6.45, 7) is 5.97. The molecule has 0 saturated carbocycles. The molecule has 0 N–H and O–H groups in total. The van der Waals surface area contributed by atoms with Crippen LogP contribution in [0.1, 0.15) is 65.7 Å². The van der Waals surface area contributed by atoms with Gasteiger partial charge < -0.3 is 4.79 Å². The number of rotatable bonds is 6. The first-order valence-corrected chi connectivity index (χ1v) is 5.23. The molecule has 0 radical (unpaired) electrons. The highest BCUT2D eigenvalue weighted by Crippen LogP contribution is 2.05. The molecule has 0 aliphatic heterocycles. The van der Waals surface area contributed by atoms with Crippen LogP contribution in [-0.2, 0) is 4.79 Å². The second kappa shape index (κ2) is 17.0. The summed E-state index contributed by atoms with van der Waals surface area (Å²) < 4.78 is 0. The van der Waals surface area contributed by atoms with Gasteiger partial charge in [0.15, 0.2) is 0 Å². The molecule has 12 heavy (non-hydrogen) atoms. The van der Waals surface area contributed by atoms with Crippen molar-refractivity contribution in [3.63, 3.8) is 0 Å². The van der Waals surface area contributed by atoms with Crippen LogP contribution in [0.2, 0.25) is 0 Å². The summed E-state index contributed by atoms with van der Waals surface area (Å²) >= 11 is 0. The van der Waals surface area contributed by atoms with Crippen molar-refractivity contribution in [2.45, 2.75) is 65.7 Å². The van der Waals surface area contributed by atoms with Gasteiger partial charge in [-0.2, -0.15) is 0 Å². The van der Waals surface area contributed by atoms with Crippen LogP contribution in [-0.4, -0.2) is 6.29 Å². The standard InChI is InChI=1S/C9H20.C2H4O/c1-3-5-7-9-8-6-4-2;1-2-3/h3-9H2,1-2H3;2H,1H3. The maximum absolute atomic E-state index is 8.81.